The largest absolute Gasteiger partial charge is 0.478 e. The average molecular weight is 507 g/mol. The van der Waals surface area contributed by atoms with Crippen LogP contribution in [0.1, 0.15) is 37.0 Å². The van der Waals surface area contributed by atoms with Crippen molar-refractivity contribution >= 4 is 33.7 Å². The lowest BCUT2D eigenvalue weighted by molar-refractivity contribution is -0.152. The highest BCUT2D eigenvalue weighted by molar-refractivity contribution is 7.90. The van der Waals surface area contributed by atoms with Crippen LogP contribution in [-0.2, 0) is 24.3 Å². The summed E-state index contributed by atoms with van der Waals surface area (Å²) in [6.07, 6.45) is -1.13. The Morgan fingerprint density at radius 3 is 2.37 bits per heavy atom. The molecule has 0 aromatic heterocycles. The van der Waals surface area contributed by atoms with E-state index in [2.05, 4.69) is 0 Å². The number of anilines is 1. The lowest BCUT2D eigenvalue weighted by Crippen LogP contribution is -2.36. The number of sulfonamides is 1. The predicted octanol–water partition coefficient (Wildman–Crippen LogP) is 3.14. The van der Waals surface area contributed by atoms with Crippen molar-refractivity contribution in [3.8, 4) is 11.5 Å². The normalized spacial score (nSPS) is 14.2. The summed E-state index contributed by atoms with van der Waals surface area (Å²) < 4.78 is 43.7. The Hall–Kier alpha value is -3.80. The Labute approximate surface area is 202 Å². The van der Waals surface area contributed by atoms with Gasteiger partial charge in [-0.05, 0) is 51.0 Å². The van der Waals surface area contributed by atoms with Gasteiger partial charge in [0.1, 0.15) is 10.6 Å². The van der Waals surface area contributed by atoms with Gasteiger partial charge >= 0.3 is 18.0 Å². The number of carboxylic acids is 1. The summed E-state index contributed by atoms with van der Waals surface area (Å²) >= 11 is 0. The first-order valence-corrected chi connectivity index (χ1v) is 12.4. The van der Waals surface area contributed by atoms with E-state index >= 15 is 0 Å². The van der Waals surface area contributed by atoms with Crippen LogP contribution in [0.3, 0.4) is 0 Å². The summed E-state index contributed by atoms with van der Waals surface area (Å²) in [5, 5.41) is 9.62. The summed E-state index contributed by atoms with van der Waals surface area (Å²) in [4.78, 5) is 37.1. The third kappa shape index (κ3) is 6.41. The zero-order valence-electron chi connectivity index (χ0n) is 19.2. The van der Waals surface area contributed by atoms with E-state index in [1.165, 1.54) is 13.0 Å². The third-order valence-electron chi connectivity index (χ3n) is 5.10. The molecule has 2 aromatic rings. The smallest absolute Gasteiger partial charge is 0.422 e. The molecule has 11 nitrogen and oxygen atoms in total. The van der Waals surface area contributed by atoms with Crippen LogP contribution in [0, 0.1) is 0 Å². The topological polar surface area (TPSA) is 149 Å². The number of hydrogen-bond acceptors (Lipinski definition) is 9. The highest BCUT2D eigenvalue weighted by Gasteiger charge is 2.31. The molecule has 1 fully saturated rings. The minimum Gasteiger partial charge on any atom is -0.478 e. The van der Waals surface area contributed by atoms with E-state index < -0.39 is 39.1 Å². The Morgan fingerprint density at radius 1 is 1.11 bits per heavy atom. The van der Waals surface area contributed by atoms with Crippen molar-refractivity contribution in [2.24, 2.45) is 0 Å². The molecule has 1 heterocycles. The number of aromatic carboxylic acids is 1. The molecular formula is C23H26N2O9S. The Bertz CT molecular complexity index is 1190. The average Bonchev–Trinajstić information content (AvgIpc) is 3.34. The monoisotopic (exact) mass is 506 g/mol. The van der Waals surface area contributed by atoms with E-state index in [4.69, 9.17) is 14.2 Å². The maximum absolute atomic E-state index is 13.3. The van der Waals surface area contributed by atoms with Gasteiger partial charge in [0, 0.05) is 13.1 Å². The van der Waals surface area contributed by atoms with Crippen LogP contribution >= 0.6 is 0 Å². The van der Waals surface area contributed by atoms with Crippen LogP contribution in [-0.4, -0.2) is 57.4 Å². The Kier molecular flexibility index (Phi) is 8.18. The first kappa shape index (κ1) is 25.8. The fraction of sp³-hybridized carbons (Fsp3) is 0.348. The van der Waals surface area contributed by atoms with Gasteiger partial charge in [0.2, 0.25) is 0 Å². The number of carbonyl (C=O) groups is 3. The number of carbonyl (C=O) groups excluding carboxylic acids is 2. The van der Waals surface area contributed by atoms with Gasteiger partial charge < -0.3 is 24.2 Å². The second kappa shape index (κ2) is 11.1. The number of carboxylic acid groups (broad SMARTS) is 1. The van der Waals surface area contributed by atoms with Crippen molar-refractivity contribution in [2.45, 2.75) is 37.7 Å². The fourth-order valence-corrected chi connectivity index (χ4v) is 4.52. The number of ether oxygens (including phenoxy) is 3. The molecule has 1 aliphatic rings. The van der Waals surface area contributed by atoms with Gasteiger partial charge in [-0.15, -0.1) is 0 Å². The SMILES string of the molecule is CCOC(=O)[C@@H](C)OC(=O)NS(=O)(=O)c1cc(C(=O)O)cc(N2CCCC2)c1Oc1ccccc1. The van der Waals surface area contributed by atoms with E-state index in [1.54, 1.807) is 42.0 Å². The zero-order chi connectivity index (χ0) is 25.6. The highest BCUT2D eigenvalue weighted by Crippen LogP contribution is 2.40. The second-order valence-corrected chi connectivity index (χ2v) is 9.29. The Balaban J connectivity index is 2.04. The van der Waals surface area contributed by atoms with E-state index in [0.717, 1.165) is 18.9 Å². The summed E-state index contributed by atoms with van der Waals surface area (Å²) in [6.45, 7) is 3.98. The fourth-order valence-electron chi connectivity index (χ4n) is 3.47. The standard InChI is InChI=1S/C23H26N2O9S/c1-3-32-22(28)15(2)33-23(29)24-35(30,31)19-14-16(21(26)27)13-18(25-11-7-8-12-25)20(19)34-17-9-5-4-6-10-17/h4-6,9-10,13-15H,3,7-8,11-12H2,1-2H3,(H,24,29)(H,26,27)/t15-/m1/s1. The summed E-state index contributed by atoms with van der Waals surface area (Å²) in [5.74, 6) is -2.03. The first-order chi connectivity index (χ1) is 16.6. The molecule has 188 valence electrons. The Morgan fingerprint density at radius 2 is 1.77 bits per heavy atom. The second-order valence-electron chi connectivity index (χ2n) is 7.64. The molecule has 0 saturated carbocycles. The van der Waals surface area contributed by atoms with Crippen molar-refractivity contribution in [1.82, 2.24) is 4.72 Å². The van der Waals surface area contributed by atoms with E-state index in [0.29, 0.717) is 18.8 Å². The minimum absolute atomic E-state index is 0.0495. The molecule has 12 heteroatoms. The molecule has 3 rings (SSSR count). The molecule has 0 aliphatic carbocycles. The quantitative estimate of drug-likeness (QED) is 0.486. The van der Waals surface area contributed by atoms with Gasteiger partial charge in [0.15, 0.2) is 11.9 Å². The summed E-state index contributed by atoms with van der Waals surface area (Å²) in [7, 11) is -4.69. The molecule has 0 radical (unpaired) electrons. The zero-order valence-corrected chi connectivity index (χ0v) is 20.0. The number of benzene rings is 2. The molecule has 1 saturated heterocycles. The number of nitrogens with one attached hydrogen (secondary N) is 1. The van der Waals surface area contributed by atoms with Gasteiger partial charge in [-0.2, -0.15) is 0 Å². The van der Waals surface area contributed by atoms with Crippen molar-refractivity contribution in [1.29, 1.82) is 0 Å². The van der Waals surface area contributed by atoms with Gasteiger partial charge in [-0.1, -0.05) is 18.2 Å². The molecule has 0 spiro atoms. The highest BCUT2D eigenvalue weighted by atomic mass is 32.2. The summed E-state index contributed by atoms with van der Waals surface area (Å²) in [5.41, 5.74) is -0.0409. The minimum atomic E-state index is -4.69. The van der Waals surface area contributed by atoms with Crippen molar-refractivity contribution in [3.63, 3.8) is 0 Å². The van der Waals surface area contributed by atoms with Gasteiger partial charge in [-0.25, -0.2) is 27.5 Å². The number of hydrogen-bond donors (Lipinski definition) is 2. The van der Waals surface area contributed by atoms with Crippen LogP contribution in [0.2, 0.25) is 0 Å². The van der Waals surface area contributed by atoms with Crippen molar-refractivity contribution < 1.29 is 42.1 Å². The van der Waals surface area contributed by atoms with E-state index in [1.807, 2.05) is 4.90 Å². The molecule has 0 unspecified atom stereocenters. The lowest BCUT2D eigenvalue weighted by atomic mass is 10.1. The maximum atomic E-state index is 13.3. The number of rotatable bonds is 9. The van der Waals surface area contributed by atoms with Gasteiger partial charge in [0.25, 0.3) is 10.0 Å². The number of para-hydroxylation sites is 1. The maximum Gasteiger partial charge on any atom is 0.422 e. The van der Waals surface area contributed by atoms with Crippen LogP contribution in [0.5, 0.6) is 11.5 Å². The molecule has 2 aromatic carbocycles. The lowest BCUT2D eigenvalue weighted by Gasteiger charge is -2.24. The molecule has 35 heavy (non-hydrogen) atoms. The van der Waals surface area contributed by atoms with Gasteiger partial charge in [0.05, 0.1) is 17.9 Å². The first-order valence-electron chi connectivity index (χ1n) is 10.9. The molecule has 1 amide bonds. The predicted molar refractivity (Wildman–Crippen MR) is 124 cm³/mol. The summed E-state index contributed by atoms with van der Waals surface area (Å²) in [6, 6.07) is 10.6. The van der Waals surface area contributed by atoms with Crippen LogP contribution in [0.15, 0.2) is 47.4 Å². The number of amides is 1. The van der Waals surface area contributed by atoms with Gasteiger partial charge in [-0.3, -0.25) is 0 Å². The van der Waals surface area contributed by atoms with Crippen molar-refractivity contribution in [2.75, 3.05) is 24.6 Å². The van der Waals surface area contributed by atoms with E-state index in [-0.39, 0.29) is 23.6 Å². The van der Waals surface area contributed by atoms with Crippen molar-refractivity contribution in [3.05, 3.63) is 48.0 Å². The molecule has 1 atom stereocenters. The van der Waals surface area contributed by atoms with Crippen LogP contribution in [0.25, 0.3) is 0 Å². The third-order valence-corrected chi connectivity index (χ3v) is 6.42. The molecular weight excluding hydrogens is 480 g/mol. The van der Waals surface area contributed by atoms with E-state index in [9.17, 15) is 27.9 Å². The van der Waals surface area contributed by atoms with Crippen LogP contribution < -0.4 is 14.4 Å². The van der Waals surface area contributed by atoms with Crippen LogP contribution in [0.4, 0.5) is 10.5 Å². The number of esters is 1. The molecule has 1 aliphatic heterocycles. The number of nitrogens with zero attached hydrogens (tertiary/aromatic N) is 1. The molecule has 0 bridgehead atoms. The molecule has 2 N–H and O–H groups in total.